The van der Waals surface area contributed by atoms with E-state index in [9.17, 15) is 0 Å². The van der Waals surface area contributed by atoms with E-state index in [2.05, 4.69) is 71.0 Å². The molecule has 4 unspecified atom stereocenters. The summed E-state index contributed by atoms with van der Waals surface area (Å²) in [4.78, 5) is 2.26. The molecule has 148 valence electrons. The SMILES string of the molecule is CC(C)c1ccc2c(c1)SC1SC3(C)Oc4ccc(C(C)C)cc4SC3C1O2. The van der Waals surface area contributed by atoms with Crippen LogP contribution < -0.4 is 9.47 Å². The van der Waals surface area contributed by atoms with Crippen molar-refractivity contribution in [2.45, 2.75) is 77.1 Å². The van der Waals surface area contributed by atoms with Crippen molar-refractivity contribution in [1.82, 2.24) is 0 Å². The van der Waals surface area contributed by atoms with Crippen molar-refractivity contribution in [2.75, 3.05) is 0 Å². The van der Waals surface area contributed by atoms with Crippen molar-refractivity contribution in [3.8, 4) is 11.5 Å². The van der Waals surface area contributed by atoms with Crippen LogP contribution in [0.25, 0.3) is 0 Å². The Morgan fingerprint density at radius 3 is 2.11 bits per heavy atom. The van der Waals surface area contributed by atoms with Crippen LogP contribution >= 0.6 is 35.3 Å². The summed E-state index contributed by atoms with van der Waals surface area (Å²) in [6, 6.07) is 13.3. The fourth-order valence-corrected chi connectivity index (χ4v) is 9.18. The lowest BCUT2D eigenvalue weighted by atomic mass is 10.0. The molecule has 3 aliphatic heterocycles. The van der Waals surface area contributed by atoms with Crippen molar-refractivity contribution >= 4 is 35.3 Å². The highest BCUT2D eigenvalue weighted by molar-refractivity contribution is 8.18. The summed E-state index contributed by atoms with van der Waals surface area (Å²) in [6.45, 7) is 11.2. The Hall–Kier alpha value is -0.910. The van der Waals surface area contributed by atoms with Gasteiger partial charge in [-0.05, 0) is 54.2 Å². The fourth-order valence-electron chi connectivity index (χ4n) is 4.03. The van der Waals surface area contributed by atoms with Gasteiger partial charge in [-0.1, -0.05) is 51.6 Å². The Labute approximate surface area is 180 Å². The molecule has 0 aromatic heterocycles. The summed E-state index contributed by atoms with van der Waals surface area (Å²) in [5.41, 5.74) is 2.74. The van der Waals surface area contributed by atoms with Crippen LogP contribution in [0.4, 0.5) is 0 Å². The maximum absolute atomic E-state index is 6.58. The van der Waals surface area contributed by atoms with E-state index < -0.39 is 0 Å². The van der Waals surface area contributed by atoms with Crippen LogP contribution in [0.5, 0.6) is 11.5 Å². The predicted octanol–water partition coefficient (Wildman–Crippen LogP) is 7.13. The van der Waals surface area contributed by atoms with Gasteiger partial charge in [-0.2, -0.15) is 0 Å². The molecule has 0 bridgehead atoms. The van der Waals surface area contributed by atoms with Crippen LogP contribution in [-0.2, 0) is 0 Å². The minimum Gasteiger partial charge on any atom is -0.486 e. The topological polar surface area (TPSA) is 18.5 Å². The van der Waals surface area contributed by atoms with Crippen molar-refractivity contribution < 1.29 is 9.47 Å². The van der Waals surface area contributed by atoms with E-state index in [0.717, 1.165) is 11.5 Å². The van der Waals surface area contributed by atoms with E-state index in [1.54, 1.807) is 0 Å². The van der Waals surface area contributed by atoms with Gasteiger partial charge in [-0.15, -0.1) is 23.5 Å². The zero-order valence-corrected chi connectivity index (χ0v) is 19.3. The van der Waals surface area contributed by atoms with E-state index in [1.807, 2.05) is 35.3 Å². The van der Waals surface area contributed by atoms with E-state index in [1.165, 1.54) is 20.9 Å². The molecule has 0 radical (unpaired) electrons. The second-order valence-corrected chi connectivity index (χ2v) is 12.8. The molecule has 0 spiro atoms. The second-order valence-electron chi connectivity index (χ2n) is 8.56. The van der Waals surface area contributed by atoms with Crippen LogP contribution in [0, 0.1) is 0 Å². The molecular formula is C23H26O2S3. The summed E-state index contributed by atoms with van der Waals surface area (Å²) in [6.07, 6.45) is 0.151. The molecule has 5 heteroatoms. The number of rotatable bonds is 2. The standard InChI is InChI=1S/C23H26O2S3/c1-12(2)14-6-8-16-18(10-14)27-22-20(24-16)21-23(5,28-22)25-17-9-7-15(13(3)4)11-19(17)26-21/h6-13,20-22H,1-5H3. The number of hydrogen-bond donors (Lipinski definition) is 0. The average Bonchev–Trinajstić information content (AvgIpc) is 2.93. The summed E-state index contributed by atoms with van der Waals surface area (Å²) in [5.74, 6) is 3.10. The number of benzene rings is 2. The van der Waals surface area contributed by atoms with Crippen molar-refractivity contribution in [1.29, 1.82) is 0 Å². The molecule has 4 atom stereocenters. The lowest BCUT2D eigenvalue weighted by molar-refractivity contribution is 0.121. The molecule has 2 aromatic rings. The van der Waals surface area contributed by atoms with Crippen LogP contribution in [0.1, 0.15) is 57.6 Å². The van der Waals surface area contributed by atoms with Gasteiger partial charge < -0.3 is 9.47 Å². The highest BCUT2D eigenvalue weighted by atomic mass is 32.2. The lowest BCUT2D eigenvalue weighted by Gasteiger charge is -2.38. The second kappa shape index (κ2) is 6.82. The van der Waals surface area contributed by atoms with Gasteiger partial charge in [0.2, 0.25) is 0 Å². The first kappa shape index (κ1) is 19.1. The molecule has 0 aliphatic carbocycles. The number of ether oxygens (including phenoxy) is 2. The van der Waals surface area contributed by atoms with Gasteiger partial charge in [0.1, 0.15) is 17.6 Å². The molecule has 3 aliphatic rings. The van der Waals surface area contributed by atoms with Crippen molar-refractivity contribution in [3.05, 3.63) is 47.5 Å². The van der Waals surface area contributed by atoms with Gasteiger partial charge >= 0.3 is 0 Å². The molecule has 2 nitrogen and oxygen atoms in total. The van der Waals surface area contributed by atoms with Crippen LogP contribution in [-0.4, -0.2) is 20.9 Å². The predicted molar refractivity (Wildman–Crippen MR) is 121 cm³/mol. The quantitative estimate of drug-likeness (QED) is 0.503. The number of fused-ring (bicyclic) bond motifs is 5. The van der Waals surface area contributed by atoms with Gasteiger partial charge in [0, 0.05) is 0 Å². The minimum atomic E-state index is -0.262. The highest BCUT2D eigenvalue weighted by Crippen LogP contribution is 2.62. The average molecular weight is 431 g/mol. The Morgan fingerprint density at radius 2 is 1.46 bits per heavy atom. The van der Waals surface area contributed by atoms with E-state index in [0.29, 0.717) is 16.4 Å². The van der Waals surface area contributed by atoms with Crippen LogP contribution in [0.3, 0.4) is 0 Å². The zero-order valence-electron chi connectivity index (χ0n) is 16.9. The number of thioether (sulfide) groups is 3. The molecule has 1 fully saturated rings. The maximum Gasteiger partial charge on any atom is 0.168 e. The first-order valence-electron chi connectivity index (χ1n) is 9.99. The number of hydrogen-bond acceptors (Lipinski definition) is 5. The summed E-state index contributed by atoms with van der Waals surface area (Å²) in [7, 11) is 0. The summed E-state index contributed by atoms with van der Waals surface area (Å²) >= 11 is 5.83. The largest absolute Gasteiger partial charge is 0.486 e. The molecule has 2 aromatic carbocycles. The fraction of sp³-hybridized carbons (Fsp3) is 0.478. The third-order valence-electron chi connectivity index (χ3n) is 5.78. The van der Waals surface area contributed by atoms with Gasteiger partial charge in [-0.25, -0.2) is 0 Å². The van der Waals surface area contributed by atoms with Crippen LogP contribution in [0.2, 0.25) is 0 Å². The smallest absolute Gasteiger partial charge is 0.168 e. The Bertz CT molecular complexity index is 926. The normalized spacial score (nSPS) is 30.2. The zero-order chi connectivity index (χ0) is 19.6. The monoisotopic (exact) mass is 430 g/mol. The van der Waals surface area contributed by atoms with Gasteiger partial charge in [-0.3, -0.25) is 0 Å². The molecule has 0 N–H and O–H groups in total. The van der Waals surface area contributed by atoms with Gasteiger partial charge in [0.05, 0.1) is 19.6 Å². The Balaban J connectivity index is 1.46. The molecule has 28 heavy (non-hydrogen) atoms. The van der Waals surface area contributed by atoms with E-state index in [-0.39, 0.29) is 16.3 Å². The van der Waals surface area contributed by atoms with Crippen LogP contribution in [0.15, 0.2) is 46.2 Å². The highest BCUT2D eigenvalue weighted by Gasteiger charge is 2.59. The molecule has 3 heterocycles. The van der Waals surface area contributed by atoms with E-state index >= 15 is 0 Å². The van der Waals surface area contributed by atoms with Crippen molar-refractivity contribution in [2.24, 2.45) is 0 Å². The van der Waals surface area contributed by atoms with Gasteiger partial charge in [0.15, 0.2) is 4.93 Å². The third kappa shape index (κ3) is 3.05. The minimum absolute atomic E-state index is 0.151. The Kier molecular flexibility index (Phi) is 4.64. The van der Waals surface area contributed by atoms with Crippen molar-refractivity contribution in [3.63, 3.8) is 0 Å². The first-order chi connectivity index (χ1) is 13.3. The molecule has 0 amide bonds. The Morgan fingerprint density at radius 1 is 0.857 bits per heavy atom. The molecule has 1 saturated heterocycles. The lowest BCUT2D eigenvalue weighted by Crippen LogP contribution is -2.45. The first-order valence-corrected chi connectivity index (χ1v) is 12.6. The van der Waals surface area contributed by atoms with Gasteiger partial charge in [0.25, 0.3) is 0 Å². The molecule has 0 saturated carbocycles. The maximum atomic E-state index is 6.58. The molecular weight excluding hydrogens is 404 g/mol. The summed E-state index contributed by atoms with van der Waals surface area (Å²) in [5, 5.41) is 0.280. The molecule has 5 rings (SSSR count). The van der Waals surface area contributed by atoms with E-state index in [4.69, 9.17) is 9.47 Å². The third-order valence-corrected chi connectivity index (χ3v) is 10.4. The summed E-state index contributed by atoms with van der Waals surface area (Å²) < 4.78 is 13.5.